The summed E-state index contributed by atoms with van der Waals surface area (Å²) in [5.74, 6) is 0.0156. The topological polar surface area (TPSA) is 75.3 Å². The van der Waals surface area contributed by atoms with Gasteiger partial charge in [-0.1, -0.05) is 47.1 Å². The average Bonchev–Trinajstić information content (AvgIpc) is 2.55. The van der Waals surface area contributed by atoms with Gasteiger partial charge in [-0.05, 0) is 36.8 Å². The predicted octanol–water partition coefficient (Wildman–Crippen LogP) is 4.13. The van der Waals surface area contributed by atoms with Gasteiger partial charge in [0.05, 0.1) is 16.7 Å². The van der Waals surface area contributed by atoms with Crippen LogP contribution in [-0.4, -0.2) is 20.2 Å². The molecule has 0 radical (unpaired) electrons. The molecule has 7 heteroatoms. The molecule has 0 saturated carbocycles. The normalized spacial score (nSPS) is 12.5. The van der Waals surface area contributed by atoms with E-state index in [0.29, 0.717) is 5.69 Å². The van der Waals surface area contributed by atoms with Gasteiger partial charge in [0.15, 0.2) is 9.84 Å². The van der Waals surface area contributed by atoms with Gasteiger partial charge in [-0.2, -0.15) is 0 Å². The molecular formula is C17H19BrN2O3S. The number of nitrogens with one attached hydrogen (secondary N) is 2. The summed E-state index contributed by atoms with van der Waals surface area (Å²) in [6, 6.07) is 13.3. The van der Waals surface area contributed by atoms with Crippen molar-refractivity contribution in [1.82, 2.24) is 5.32 Å². The second-order valence-electron chi connectivity index (χ2n) is 5.27. The van der Waals surface area contributed by atoms with Gasteiger partial charge in [-0.15, -0.1) is 0 Å². The Bertz CT molecular complexity index is 837. The summed E-state index contributed by atoms with van der Waals surface area (Å²) in [6.07, 6.45) is 0. The molecular weight excluding hydrogens is 392 g/mol. The molecule has 24 heavy (non-hydrogen) atoms. The Hall–Kier alpha value is -1.86. The van der Waals surface area contributed by atoms with E-state index < -0.39 is 15.9 Å². The number of hydrogen-bond donors (Lipinski definition) is 2. The molecule has 0 aliphatic rings. The molecule has 0 aliphatic carbocycles. The van der Waals surface area contributed by atoms with Gasteiger partial charge >= 0.3 is 6.03 Å². The van der Waals surface area contributed by atoms with Crippen LogP contribution < -0.4 is 10.6 Å². The number of urea groups is 1. The Morgan fingerprint density at radius 2 is 1.88 bits per heavy atom. The number of carbonyl (C=O) groups excluding carboxylic acids is 1. The summed E-state index contributed by atoms with van der Waals surface area (Å²) in [4.78, 5) is 12.3. The second-order valence-corrected chi connectivity index (χ2v) is 8.41. The molecule has 0 bridgehead atoms. The maximum Gasteiger partial charge on any atom is 0.319 e. The molecule has 0 saturated heterocycles. The monoisotopic (exact) mass is 410 g/mol. The van der Waals surface area contributed by atoms with Gasteiger partial charge in [-0.25, -0.2) is 13.2 Å². The summed E-state index contributed by atoms with van der Waals surface area (Å²) >= 11 is 3.45. The zero-order valence-electron chi connectivity index (χ0n) is 13.4. The van der Waals surface area contributed by atoms with Crippen molar-refractivity contribution in [2.24, 2.45) is 0 Å². The van der Waals surface area contributed by atoms with Crippen molar-refractivity contribution in [3.05, 3.63) is 58.6 Å². The Morgan fingerprint density at radius 1 is 1.17 bits per heavy atom. The van der Waals surface area contributed by atoms with Crippen LogP contribution in [0.25, 0.3) is 0 Å². The zero-order chi connectivity index (χ0) is 17.7. The number of rotatable bonds is 5. The fourth-order valence-electron chi connectivity index (χ4n) is 2.20. The van der Waals surface area contributed by atoms with E-state index in [1.54, 1.807) is 19.1 Å². The summed E-state index contributed by atoms with van der Waals surface area (Å²) in [7, 11) is -3.31. The lowest BCUT2D eigenvalue weighted by Gasteiger charge is -2.16. The maximum atomic E-state index is 12.2. The number of benzene rings is 2. The van der Waals surface area contributed by atoms with Crippen LogP contribution in [0, 0.1) is 0 Å². The van der Waals surface area contributed by atoms with E-state index in [-0.39, 0.29) is 16.7 Å². The highest BCUT2D eigenvalue weighted by Crippen LogP contribution is 2.23. The van der Waals surface area contributed by atoms with Crippen molar-refractivity contribution < 1.29 is 13.2 Å². The van der Waals surface area contributed by atoms with Gasteiger partial charge in [0.1, 0.15) is 0 Å². The average molecular weight is 411 g/mol. The Morgan fingerprint density at radius 3 is 2.54 bits per heavy atom. The van der Waals surface area contributed by atoms with Crippen LogP contribution in [0.5, 0.6) is 0 Å². The maximum absolute atomic E-state index is 12.2. The zero-order valence-corrected chi connectivity index (χ0v) is 15.8. The first kappa shape index (κ1) is 18.5. The van der Waals surface area contributed by atoms with Crippen LogP contribution in [-0.2, 0) is 9.84 Å². The lowest BCUT2D eigenvalue weighted by atomic mass is 10.1. The predicted molar refractivity (Wildman–Crippen MR) is 98.9 cm³/mol. The Labute approximate surface area is 150 Å². The van der Waals surface area contributed by atoms with E-state index in [4.69, 9.17) is 0 Å². The SMILES string of the molecule is CCS(=O)(=O)c1cccc(NC(=O)NC(C)c2ccccc2Br)c1. The van der Waals surface area contributed by atoms with E-state index in [0.717, 1.165) is 10.0 Å². The van der Waals surface area contributed by atoms with Crippen molar-refractivity contribution >= 4 is 37.5 Å². The number of amides is 2. The molecule has 0 heterocycles. The first-order valence-electron chi connectivity index (χ1n) is 7.48. The van der Waals surface area contributed by atoms with Crippen molar-refractivity contribution in [2.45, 2.75) is 24.8 Å². The number of carbonyl (C=O) groups is 1. The minimum atomic E-state index is -3.31. The third kappa shape index (κ3) is 4.58. The van der Waals surface area contributed by atoms with Gasteiger partial charge in [0.25, 0.3) is 0 Å². The minimum Gasteiger partial charge on any atom is -0.331 e. The number of hydrogen-bond acceptors (Lipinski definition) is 3. The van der Waals surface area contributed by atoms with E-state index in [2.05, 4.69) is 26.6 Å². The molecule has 2 N–H and O–H groups in total. The first-order valence-corrected chi connectivity index (χ1v) is 9.93. The molecule has 2 rings (SSSR count). The largest absolute Gasteiger partial charge is 0.331 e. The molecule has 5 nitrogen and oxygen atoms in total. The number of anilines is 1. The van der Waals surface area contributed by atoms with Crippen LogP contribution in [0.15, 0.2) is 57.9 Å². The third-order valence-corrected chi connectivity index (χ3v) is 6.00. The highest BCUT2D eigenvalue weighted by molar-refractivity contribution is 9.10. The molecule has 0 aromatic heterocycles. The smallest absolute Gasteiger partial charge is 0.319 e. The Balaban J connectivity index is 2.08. The van der Waals surface area contributed by atoms with Crippen molar-refractivity contribution in [3.63, 3.8) is 0 Å². The van der Waals surface area contributed by atoms with Crippen LogP contribution in [0.2, 0.25) is 0 Å². The third-order valence-electron chi connectivity index (χ3n) is 3.55. The van der Waals surface area contributed by atoms with Crippen molar-refractivity contribution in [2.75, 3.05) is 11.1 Å². The van der Waals surface area contributed by atoms with Gasteiger partial charge in [0, 0.05) is 10.2 Å². The van der Waals surface area contributed by atoms with Gasteiger partial charge < -0.3 is 10.6 Å². The minimum absolute atomic E-state index is 0.0156. The highest BCUT2D eigenvalue weighted by Gasteiger charge is 2.14. The van der Waals surface area contributed by atoms with Crippen LogP contribution in [0.1, 0.15) is 25.5 Å². The molecule has 1 unspecified atom stereocenters. The van der Waals surface area contributed by atoms with Crippen LogP contribution >= 0.6 is 15.9 Å². The molecule has 0 spiro atoms. The van der Waals surface area contributed by atoms with E-state index in [1.165, 1.54) is 12.1 Å². The molecule has 0 fully saturated rings. The van der Waals surface area contributed by atoms with E-state index in [1.807, 2.05) is 31.2 Å². The van der Waals surface area contributed by atoms with Gasteiger partial charge in [-0.3, -0.25) is 0 Å². The van der Waals surface area contributed by atoms with Crippen LogP contribution in [0.4, 0.5) is 10.5 Å². The molecule has 2 aromatic rings. The van der Waals surface area contributed by atoms with Crippen molar-refractivity contribution in [1.29, 1.82) is 0 Å². The lowest BCUT2D eigenvalue weighted by molar-refractivity contribution is 0.249. The summed E-state index contributed by atoms with van der Waals surface area (Å²) in [5.41, 5.74) is 1.39. The summed E-state index contributed by atoms with van der Waals surface area (Å²) < 4.78 is 24.7. The highest BCUT2D eigenvalue weighted by atomic mass is 79.9. The molecule has 2 aromatic carbocycles. The van der Waals surface area contributed by atoms with E-state index in [9.17, 15) is 13.2 Å². The standard InChI is InChI=1S/C17H19BrN2O3S/c1-3-24(22,23)14-8-6-7-13(11-14)20-17(21)19-12(2)15-9-4-5-10-16(15)18/h4-12H,3H2,1-2H3,(H2,19,20,21). The molecule has 2 amide bonds. The molecule has 0 aliphatic heterocycles. The summed E-state index contributed by atoms with van der Waals surface area (Å²) in [6.45, 7) is 3.46. The quantitative estimate of drug-likeness (QED) is 0.777. The Kier molecular flexibility index (Phi) is 6.01. The van der Waals surface area contributed by atoms with Gasteiger partial charge in [0.2, 0.25) is 0 Å². The number of halogens is 1. The fraction of sp³-hybridized carbons (Fsp3) is 0.235. The molecule has 1 atom stereocenters. The number of sulfone groups is 1. The van der Waals surface area contributed by atoms with Crippen LogP contribution in [0.3, 0.4) is 0 Å². The second kappa shape index (κ2) is 7.81. The summed E-state index contributed by atoms with van der Waals surface area (Å²) in [5, 5.41) is 5.50. The van der Waals surface area contributed by atoms with E-state index >= 15 is 0 Å². The first-order chi connectivity index (χ1) is 11.3. The molecule has 128 valence electrons. The van der Waals surface area contributed by atoms with Crippen molar-refractivity contribution in [3.8, 4) is 0 Å². The lowest BCUT2D eigenvalue weighted by Crippen LogP contribution is -2.31. The fourth-order valence-corrected chi connectivity index (χ4v) is 3.76.